The molecule has 76 valence electrons. The molecule has 0 atom stereocenters. The zero-order valence-corrected chi connectivity index (χ0v) is 8.10. The molecule has 1 amide bonds. The number of rotatable bonds is 3. The van der Waals surface area contributed by atoms with Gasteiger partial charge in [0, 0.05) is 18.3 Å². The zero-order valence-electron chi connectivity index (χ0n) is 8.10. The highest BCUT2D eigenvalue weighted by Crippen LogP contribution is 2.09. The first-order valence-electron chi connectivity index (χ1n) is 4.43. The largest absolute Gasteiger partial charge is 0.398 e. The second kappa shape index (κ2) is 5.45. The number of hydrogen-bond donors (Lipinski definition) is 2. The number of nitrogen functional groups attached to an aromatic ring is 1. The second-order valence-corrected chi connectivity index (χ2v) is 2.83. The van der Waals surface area contributed by atoms with Crippen LogP contribution in [0.4, 0.5) is 5.69 Å². The molecule has 0 aromatic heterocycles. The van der Waals surface area contributed by atoms with Crippen LogP contribution in [-0.4, -0.2) is 12.5 Å². The summed E-state index contributed by atoms with van der Waals surface area (Å²) in [5, 5.41) is 10.8. The maximum Gasteiger partial charge on any atom is 0.253 e. The molecular weight excluding hydrogens is 190 g/mol. The number of allylic oxidation sites excluding steroid dienone is 1. The first-order valence-corrected chi connectivity index (χ1v) is 4.43. The van der Waals surface area contributed by atoms with Crippen LogP contribution < -0.4 is 11.1 Å². The smallest absolute Gasteiger partial charge is 0.253 e. The lowest BCUT2D eigenvalue weighted by atomic mass is 10.1. The summed E-state index contributed by atoms with van der Waals surface area (Å²) in [5.74, 6) is -0.240. The quantitative estimate of drug-likeness (QED) is 0.567. The number of anilines is 1. The summed E-state index contributed by atoms with van der Waals surface area (Å²) in [4.78, 5) is 11.5. The number of nitrogens with zero attached hydrogens (tertiary/aromatic N) is 1. The van der Waals surface area contributed by atoms with Crippen LogP contribution in [0.5, 0.6) is 0 Å². The van der Waals surface area contributed by atoms with Crippen LogP contribution in [0.25, 0.3) is 0 Å². The second-order valence-electron chi connectivity index (χ2n) is 2.83. The van der Waals surface area contributed by atoms with Gasteiger partial charge < -0.3 is 11.1 Å². The minimum absolute atomic E-state index is 0.240. The Morgan fingerprint density at radius 2 is 2.27 bits per heavy atom. The van der Waals surface area contributed by atoms with Gasteiger partial charge in [-0.3, -0.25) is 4.79 Å². The fourth-order valence-electron chi connectivity index (χ4n) is 1.06. The number of hydrogen-bond acceptors (Lipinski definition) is 3. The average molecular weight is 201 g/mol. The minimum Gasteiger partial charge on any atom is -0.398 e. The van der Waals surface area contributed by atoms with Crippen molar-refractivity contribution >= 4 is 11.6 Å². The van der Waals surface area contributed by atoms with Crippen LogP contribution in [0.1, 0.15) is 10.4 Å². The van der Waals surface area contributed by atoms with Crippen molar-refractivity contribution in [2.24, 2.45) is 0 Å². The Morgan fingerprint density at radius 1 is 1.53 bits per heavy atom. The van der Waals surface area contributed by atoms with Crippen LogP contribution >= 0.6 is 0 Å². The van der Waals surface area contributed by atoms with Gasteiger partial charge in [0.25, 0.3) is 5.91 Å². The van der Waals surface area contributed by atoms with E-state index in [4.69, 9.17) is 11.0 Å². The average Bonchev–Trinajstić information content (AvgIpc) is 2.25. The third-order valence-electron chi connectivity index (χ3n) is 1.78. The zero-order chi connectivity index (χ0) is 11.1. The monoisotopic (exact) mass is 201 g/mol. The standard InChI is InChI=1S/C11H11N3O/c12-7-3-4-8-14-11(15)9-5-1-2-6-10(9)13/h1-6H,8,13H2,(H,14,15). The predicted octanol–water partition coefficient (Wildman–Crippen LogP) is 1.08. The molecule has 0 spiro atoms. The molecule has 4 heteroatoms. The maximum atomic E-state index is 11.5. The maximum absolute atomic E-state index is 11.5. The molecule has 1 aromatic carbocycles. The van der Waals surface area contributed by atoms with Crippen molar-refractivity contribution in [1.29, 1.82) is 5.26 Å². The third-order valence-corrected chi connectivity index (χ3v) is 1.78. The Labute approximate surface area is 88.0 Å². The van der Waals surface area contributed by atoms with Crippen molar-refractivity contribution in [2.45, 2.75) is 0 Å². The molecule has 0 bridgehead atoms. The van der Waals surface area contributed by atoms with Crippen LogP contribution in [0.15, 0.2) is 36.4 Å². The molecular formula is C11H11N3O. The van der Waals surface area contributed by atoms with Crippen molar-refractivity contribution in [3.8, 4) is 6.07 Å². The fourth-order valence-corrected chi connectivity index (χ4v) is 1.06. The van der Waals surface area contributed by atoms with E-state index in [2.05, 4.69) is 5.32 Å². The fraction of sp³-hybridized carbons (Fsp3) is 0.0909. The molecule has 15 heavy (non-hydrogen) atoms. The Hall–Kier alpha value is -2.28. The summed E-state index contributed by atoms with van der Waals surface area (Å²) in [6.07, 6.45) is 2.88. The van der Waals surface area contributed by atoms with E-state index in [1.807, 2.05) is 6.07 Å². The number of nitriles is 1. The lowest BCUT2D eigenvalue weighted by Crippen LogP contribution is -2.24. The van der Waals surface area contributed by atoms with E-state index in [-0.39, 0.29) is 5.91 Å². The topological polar surface area (TPSA) is 78.9 Å². The van der Waals surface area contributed by atoms with E-state index in [9.17, 15) is 4.79 Å². The molecule has 0 aliphatic carbocycles. The Balaban J connectivity index is 2.59. The first kappa shape index (κ1) is 10.8. The van der Waals surface area contributed by atoms with Gasteiger partial charge in [-0.05, 0) is 12.1 Å². The van der Waals surface area contributed by atoms with Gasteiger partial charge in [-0.2, -0.15) is 5.26 Å². The molecule has 0 heterocycles. The highest BCUT2D eigenvalue weighted by Gasteiger charge is 2.06. The summed E-state index contributed by atoms with van der Waals surface area (Å²) in [6.45, 7) is 0.320. The summed E-state index contributed by atoms with van der Waals surface area (Å²) < 4.78 is 0. The van der Waals surface area contributed by atoms with E-state index >= 15 is 0 Å². The molecule has 0 radical (unpaired) electrons. The highest BCUT2D eigenvalue weighted by molar-refractivity contribution is 5.99. The number of amides is 1. The number of para-hydroxylation sites is 1. The molecule has 0 saturated carbocycles. The van der Waals surface area contributed by atoms with Gasteiger partial charge >= 0.3 is 0 Å². The van der Waals surface area contributed by atoms with Crippen LogP contribution in [0.2, 0.25) is 0 Å². The van der Waals surface area contributed by atoms with E-state index in [0.717, 1.165) is 0 Å². The lowest BCUT2D eigenvalue weighted by Gasteiger charge is -2.04. The summed E-state index contributed by atoms with van der Waals surface area (Å²) in [5.41, 5.74) is 6.51. The van der Waals surface area contributed by atoms with Gasteiger partial charge in [0.2, 0.25) is 0 Å². The van der Waals surface area contributed by atoms with E-state index < -0.39 is 0 Å². The molecule has 1 aromatic rings. The van der Waals surface area contributed by atoms with Crippen molar-refractivity contribution in [3.05, 3.63) is 42.0 Å². The first-order chi connectivity index (χ1) is 7.25. The van der Waals surface area contributed by atoms with E-state index in [1.54, 1.807) is 30.3 Å². The van der Waals surface area contributed by atoms with Gasteiger partial charge in [-0.15, -0.1) is 0 Å². The predicted molar refractivity (Wildman–Crippen MR) is 57.9 cm³/mol. The molecule has 0 fully saturated rings. The van der Waals surface area contributed by atoms with Gasteiger partial charge in [-0.25, -0.2) is 0 Å². The Morgan fingerprint density at radius 3 is 2.93 bits per heavy atom. The summed E-state index contributed by atoms with van der Waals surface area (Å²) in [6, 6.07) is 8.67. The molecule has 4 nitrogen and oxygen atoms in total. The highest BCUT2D eigenvalue weighted by atomic mass is 16.1. The van der Waals surface area contributed by atoms with Crippen LogP contribution in [-0.2, 0) is 0 Å². The number of nitrogens with two attached hydrogens (primary N) is 1. The SMILES string of the molecule is N#CC=CCNC(=O)c1ccccc1N. The molecule has 1 rings (SSSR count). The van der Waals surface area contributed by atoms with Gasteiger partial charge in [0.15, 0.2) is 0 Å². The van der Waals surface area contributed by atoms with E-state index in [1.165, 1.54) is 6.08 Å². The van der Waals surface area contributed by atoms with Crippen LogP contribution in [0, 0.1) is 11.3 Å². The third kappa shape index (κ3) is 3.16. The minimum atomic E-state index is -0.240. The van der Waals surface area contributed by atoms with Crippen molar-refractivity contribution in [1.82, 2.24) is 5.32 Å². The van der Waals surface area contributed by atoms with Gasteiger partial charge in [-0.1, -0.05) is 18.2 Å². The number of benzene rings is 1. The molecule has 0 aliphatic heterocycles. The summed E-state index contributed by atoms with van der Waals surface area (Å²) in [7, 11) is 0. The Kier molecular flexibility index (Phi) is 3.92. The summed E-state index contributed by atoms with van der Waals surface area (Å²) >= 11 is 0. The number of carbonyl (C=O) groups is 1. The molecule has 0 unspecified atom stereocenters. The van der Waals surface area contributed by atoms with Gasteiger partial charge in [0.1, 0.15) is 0 Å². The number of nitrogens with one attached hydrogen (secondary N) is 1. The van der Waals surface area contributed by atoms with Crippen LogP contribution in [0.3, 0.4) is 0 Å². The van der Waals surface area contributed by atoms with Crippen molar-refractivity contribution in [2.75, 3.05) is 12.3 Å². The number of carbonyl (C=O) groups excluding carboxylic acids is 1. The molecule has 3 N–H and O–H groups in total. The van der Waals surface area contributed by atoms with Crippen molar-refractivity contribution in [3.63, 3.8) is 0 Å². The van der Waals surface area contributed by atoms with Gasteiger partial charge in [0.05, 0.1) is 11.6 Å². The molecule has 0 aliphatic rings. The van der Waals surface area contributed by atoms with E-state index in [0.29, 0.717) is 17.8 Å². The lowest BCUT2D eigenvalue weighted by molar-refractivity contribution is 0.0959. The molecule has 0 saturated heterocycles. The Bertz CT molecular complexity index is 418. The normalized spacial score (nSPS) is 9.80. The van der Waals surface area contributed by atoms with Crippen molar-refractivity contribution < 1.29 is 4.79 Å².